The Morgan fingerprint density at radius 3 is 2.93 bits per heavy atom. The Morgan fingerprint density at radius 2 is 2.29 bits per heavy atom. The quantitative estimate of drug-likeness (QED) is 0.670. The van der Waals surface area contributed by atoms with Gasteiger partial charge in [0.15, 0.2) is 0 Å². The molecule has 0 bridgehead atoms. The third-order valence-electron chi connectivity index (χ3n) is 3.61. The van der Waals surface area contributed by atoms with E-state index in [0.29, 0.717) is 0 Å². The molecular weight excluding hydrogens is 174 g/mol. The number of rotatable bonds is 1. The Labute approximate surface area is 86.1 Å². The average Bonchev–Trinajstić information content (AvgIpc) is 2.67. The van der Waals surface area contributed by atoms with Crippen molar-refractivity contribution < 1.29 is 0 Å². The lowest BCUT2D eigenvalue weighted by Gasteiger charge is -2.36. The van der Waals surface area contributed by atoms with E-state index in [1.165, 1.54) is 6.42 Å². The van der Waals surface area contributed by atoms with Gasteiger partial charge in [-0.25, -0.2) is 0 Å². The van der Waals surface area contributed by atoms with Crippen LogP contribution >= 0.6 is 0 Å². The minimum absolute atomic E-state index is 0.289. The molecule has 0 saturated carbocycles. The van der Waals surface area contributed by atoms with Gasteiger partial charge in [-0.1, -0.05) is 6.92 Å². The van der Waals surface area contributed by atoms with Gasteiger partial charge in [0.05, 0.1) is 12.0 Å². The molecule has 3 unspecified atom stereocenters. The predicted octanol–water partition coefficient (Wildman–Crippen LogP) is 0.830. The number of nitriles is 1. The summed E-state index contributed by atoms with van der Waals surface area (Å²) in [5, 5.41) is 12.3. The Kier molecular flexibility index (Phi) is 3.05. The van der Waals surface area contributed by atoms with Crippen molar-refractivity contribution >= 4 is 0 Å². The van der Waals surface area contributed by atoms with Crippen molar-refractivity contribution in [3.05, 3.63) is 0 Å². The molecule has 0 aromatic carbocycles. The first-order chi connectivity index (χ1) is 6.81. The average molecular weight is 193 g/mol. The number of hydrogen-bond donors (Lipinski definition) is 1. The van der Waals surface area contributed by atoms with Crippen LogP contribution in [0.3, 0.4) is 0 Å². The molecule has 0 radical (unpaired) electrons. The van der Waals surface area contributed by atoms with Crippen molar-refractivity contribution in [2.75, 3.05) is 26.2 Å². The van der Waals surface area contributed by atoms with Gasteiger partial charge in [0.2, 0.25) is 0 Å². The highest BCUT2D eigenvalue weighted by molar-refractivity contribution is 4.94. The highest BCUT2D eigenvalue weighted by Crippen LogP contribution is 2.24. The third-order valence-corrected chi connectivity index (χ3v) is 3.61. The minimum Gasteiger partial charge on any atom is -0.316 e. The highest BCUT2D eigenvalue weighted by atomic mass is 15.2. The molecule has 2 aliphatic heterocycles. The number of hydrogen-bond acceptors (Lipinski definition) is 3. The van der Waals surface area contributed by atoms with Crippen LogP contribution in [0.15, 0.2) is 0 Å². The van der Waals surface area contributed by atoms with Crippen molar-refractivity contribution in [1.82, 2.24) is 10.2 Å². The van der Waals surface area contributed by atoms with Crippen molar-refractivity contribution in [3.63, 3.8) is 0 Å². The van der Waals surface area contributed by atoms with E-state index in [0.717, 1.165) is 44.6 Å². The topological polar surface area (TPSA) is 39.1 Å². The summed E-state index contributed by atoms with van der Waals surface area (Å²) in [6, 6.07) is 3.11. The molecule has 2 heterocycles. The molecule has 1 N–H and O–H groups in total. The van der Waals surface area contributed by atoms with Crippen molar-refractivity contribution in [3.8, 4) is 6.07 Å². The van der Waals surface area contributed by atoms with E-state index in [9.17, 15) is 0 Å². The molecular formula is C11H19N3. The molecule has 0 aromatic heterocycles. The Morgan fingerprint density at radius 1 is 1.43 bits per heavy atom. The van der Waals surface area contributed by atoms with Crippen molar-refractivity contribution in [1.29, 1.82) is 5.26 Å². The van der Waals surface area contributed by atoms with Gasteiger partial charge in [-0.2, -0.15) is 5.26 Å². The lowest BCUT2D eigenvalue weighted by molar-refractivity contribution is 0.145. The van der Waals surface area contributed by atoms with E-state index < -0.39 is 0 Å². The zero-order valence-electron chi connectivity index (χ0n) is 8.87. The van der Waals surface area contributed by atoms with Gasteiger partial charge in [0.1, 0.15) is 0 Å². The molecule has 3 nitrogen and oxygen atoms in total. The number of piperidine rings is 1. The molecule has 0 amide bonds. The van der Waals surface area contributed by atoms with Crippen LogP contribution < -0.4 is 5.32 Å². The first-order valence-corrected chi connectivity index (χ1v) is 5.65. The second-order valence-corrected chi connectivity index (χ2v) is 4.65. The lowest BCUT2D eigenvalue weighted by atomic mass is 9.94. The number of nitrogens with zero attached hydrogens (tertiary/aromatic N) is 2. The van der Waals surface area contributed by atoms with Gasteiger partial charge >= 0.3 is 0 Å². The standard InChI is InChI=1S/C11H19N3/c1-9-7-13-4-2-11(9)14-5-3-10(6-12)8-14/h9-11,13H,2-5,7-8H2,1H3. The maximum atomic E-state index is 8.86. The summed E-state index contributed by atoms with van der Waals surface area (Å²) in [6.45, 7) is 6.73. The predicted molar refractivity (Wildman–Crippen MR) is 55.7 cm³/mol. The fourth-order valence-corrected chi connectivity index (χ4v) is 2.74. The van der Waals surface area contributed by atoms with Crippen LogP contribution in [0.25, 0.3) is 0 Å². The van der Waals surface area contributed by atoms with Crippen LogP contribution in [0.1, 0.15) is 19.8 Å². The van der Waals surface area contributed by atoms with E-state index in [-0.39, 0.29) is 5.92 Å². The molecule has 0 aromatic rings. The van der Waals surface area contributed by atoms with E-state index in [4.69, 9.17) is 5.26 Å². The van der Waals surface area contributed by atoms with Crippen LogP contribution in [-0.2, 0) is 0 Å². The monoisotopic (exact) mass is 193 g/mol. The molecule has 2 rings (SSSR count). The minimum atomic E-state index is 0.289. The van der Waals surface area contributed by atoms with Crippen LogP contribution in [-0.4, -0.2) is 37.1 Å². The van der Waals surface area contributed by atoms with Gasteiger partial charge in [-0.05, 0) is 38.4 Å². The maximum Gasteiger partial charge on any atom is 0.0669 e. The summed E-state index contributed by atoms with van der Waals surface area (Å²) in [4.78, 5) is 2.53. The van der Waals surface area contributed by atoms with Crippen molar-refractivity contribution in [2.45, 2.75) is 25.8 Å². The van der Waals surface area contributed by atoms with Gasteiger partial charge in [-0.3, -0.25) is 4.90 Å². The second kappa shape index (κ2) is 4.29. The molecule has 78 valence electrons. The summed E-state index contributed by atoms with van der Waals surface area (Å²) in [6.07, 6.45) is 2.33. The Balaban J connectivity index is 1.92. The summed E-state index contributed by atoms with van der Waals surface area (Å²) in [7, 11) is 0. The maximum absolute atomic E-state index is 8.86. The van der Waals surface area contributed by atoms with Crippen LogP contribution in [0.2, 0.25) is 0 Å². The molecule has 14 heavy (non-hydrogen) atoms. The summed E-state index contributed by atoms with van der Waals surface area (Å²) in [5.74, 6) is 1.03. The van der Waals surface area contributed by atoms with Gasteiger partial charge in [0, 0.05) is 12.6 Å². The first kappa shape index (κ1) is 9.95. The molecule has 2 saturated heterocycles. The van der Waals surface area contributed by atoms with Gasteiger partial charge in [-0.15, -0.1) is 0 Å². The zero-order valence-corrected chi connectivity index (χ0v) is 8.87. The molecule has 2 fully saturated rings. The smallest absolute Gasteiger partial charge is 0.0669 e. The van der Waals surface area contributed by atoms with E-state index in [2.05, 4.69) is 23.2 Å². The first-order valence-electron chi connectivity index (χ1n) is 5.65. The molecule has 3 atom stereocenters. The van der Waals surface area contributed by atoms with Crippen LogP contribution in [0, 0.1) is 23.2 Å². The normalized spacial score (nSPS) is 39.6. The summed E-state index contributed by atoms with van der Waals surface area (Å²) in [5.41, 5.74) is 0. The van der Waals surface area contributed by atoms with Crippen LogP contribution in [0.4, 0.5) is 0 Å². The Bertz CT molecular complexity index is 233. The van der Waals surface area contributed by atoms with E-state index in [1.807, 2.05) is 0 Å². The fourth-order valence-electron chi connectivity index (χ4n) is 2.74. The fraction of sp³-hybridized carbons (Fsp3) is 0.909. The van der Waals surface area contributed by atoms with Crippen LogP contribution in [0.5, 0.6) is 0 Å². The number of nitrogens with one attached hydrogen (secondary N) is 1. The number of likely N-dealkylation sites (tertiary alicyclic amines) is 1. The molecule has 0 aliphatic carbocycles. The Hall–Kier alpha value is -0.590. The largest absolute Gasteiger partial charge is 0.316 e. The van der Waals surface area contributed by atoms with Gasteiger partial charge in [0.25, 0.3) is 0 Å². The zero-order chi connectivity index (χ0) is 9.97. The van der Waals surface area contributed by atoms with E-state index in [1.54, 1.807) is 0 Å². The summed E-state index contributed by atoms with van der Waals surface area (Å²) >= 11 is 0. The molecule has 2 aliphatic rings. The SMILES string of the molecule is CC1CNCCC1N1CCC(C#N)C1. The highest BCUT2D eigenvalue weighted by Gasteiger charge is 2.32. The lowest BCUT2D eigenvalue weighted by Crippen LogP contribution is -2.47. The second-order valence-electron chi connectivity index (χ2n) is 4.65. The van der Waals surface area contributed by atoms with E-state index >= 15 is 0 Å². The third kappa shape index (κ3) is 1.92. The van der Waals surface area contributed by atoms with Gasteiger partial charge < -0.3 is 5.32 Å². The molecule has 0 spiro atoms. The van der Waals surface area contributed by atoms with Crippen molar-refractivity contribution in [2.24, 2.45) is 11.8 Å². The molecule has 3 heteroatoms. The summed E-state index contributed by atoms with van der Waals surface area (Å²) < 4.78 is 0.